The number of alkyl halides is 2. The van der Waals surface area contributed by atoms with Gasteiger partial charge in [0.2, 0.25) is 0 Å². The molecule has 1 aromatic carbocycles. The highest BCUT2D eigenvalue weighted by molar-refractivity contribution is 5.95. The molecule has 0 atom stereocenters. The zero-order chi connectivity index (χ0) is 19.9. The lowest BCUT2D eigenvalue weighted by Crippen LogP contribution is -2.26. The van der Waals surface area contributed by atoms with E-state index in [2.05, 4.69) is 15.2 Å². The number of anilines is 1. The van der Waals surface area contributed by atoms with E-state index in [1.54, 1.807) is 37.6 Å². The molecule has 8 heteroatoms. The number of pyridine rings is 1. The molecule has 0 bridgehead atoms. The number of methoxy groups -OCH3 is 2. The van der Waals surface area contributed by atoms with E-state index in [1.165, 1.54) is 0 Å². The average molecular weight is 386 g/mol. The van der Waals surface area contributed by atoms with E-state index in [9.17, 15) is 8.78 Å². The van der Waals surface area contributed by atoms with Crippen molar-refractivity contribution >= 4 is 16.7 Å². The maximum atomic E-state index is 13.6. The zero-order valence-electron chi connectivity index (χ0n) is 15.9. The third kappa shape index (κ3) is 3.19. The van der Waals surface area contributed by atoms with Gasteiger partial charge >= 0.3 is 0 Å². The number of hydrogen-bond acceptors (Lipinski definition) is 6. The Morgan fingerprint density at radius 1 is 1.07 bits per heavy atom. The molecule has 0 unspecified atom stereocenters. The fraction of sp³-hybridized carbons (Fsp3) is 0.350. The van der Waals surface area contributed by atoms with Crippen molar-refractivity contribution in [2.45, 2.75) is 19.3 Å². The molecule has 1 aliphatic heterocycles. The number of nitrogens with zero attached hydrogens (tertiary/aromatic N) is 4. The first-order chi connectivity index (χ1) is 13.4. The van der Waals surface area contributed by atoms with E-state index in [0.717, 1.165) is 22.1 Å². The van der Waals surface area contributed by atoms with E-state index in [-0.39, 0.29) is 13.0 Å². The molecule has 6 nitrogen and oxygen atoms in total. The second-order valence-electron chi connectivity index (χ2n) is 6.87. The molecule has 146 valence electrons. The Balaban J connectivity index is 1.77. The average Bonchev–Trinajstić information content (AvgIpc) is 3.05. The Morgan fingerprint density at radius 2 is 1.82 bits per heavy atom. The van der Waals surface area contributed by atoms with Crippen LogP contribution in [0.2, 0.25) is 0 Å². The van der Waals surface area contributed by atoms with Gasteiger partial charge in [-0.3, -0.25) is 0 Å². The third-order valence-corrected chi connectivity index (χ3v) is 4.98. The number of benzene rings is 1. The van der Waals surface area contributed by atoms with Gasteiger partial charge in [0.15, 0.2) is 11.5 Å². The summed E-state index contributed by atoms with van der Waals surface area (Å²) in [5, 5.41) is 9.10. The Kier molecular flexibility index (Phi) is 4.49. The van der Waals surface area contributed by atoms with Crippen LogP contribution in [0.3, 0.4) is 0 Å². The first-order valence-corrected chi connectivity index (χ1v) is 8.89. The molecule has 0 N–H and O–H groups in total. The molecule has 1 fully saturated rings. The molecule has 0 amide bonds. The lowest BCUT2D eigenvalue weighted by molar-refractivity contribution is 0.0256. The maximum Gasteiger partial charge on any atom is 0.266 e. The van der Waals surface area contributed by atoms with Crippen LogP contribution in [0.1, 0.15) is 12.0 Å². The summed E-state index contributed by atoms with van der Waals surface area (Å²) in [5.74, 6) is -0.912. The van der Waals surface area contributed by atoms with Crippen LogP contribution in [0.5, 0.6) is 11.5 Å². The smallest absolute Gasteiger partial charge is 0.266 e. The van der Waals surface area contributed by atoms with E-state index >= 15 is 0 Å². The minimum atomic E-state index is -2.66. The van der Waals surface area contributed by atoms with Crippen molar-refractivity contribution < 1.29 is 18.3 Å². The van der Waals surface area contributed by atoms with Gasteiger partial charge in [-0.2, -0.15) is 10.2 Å². The molecular weight excluding hydrogens is 366 g/mol. The highest BCUT2D eigenvalue weighted by Crippen LogP contribution is 2.37. The monoisotopic (exact) mass is 386 g/mol. The quantitative estimate of drug-likeness (QED) is 0.679. The molecule has 1 saturated heterocycles. The van der Waals surface area contributed by atoms with Gasteiger partial charge in [-0.15, -0.1) is 0 Å². The molecular formula is C20H20F2N4O2. The number of aromatic nitrogens is 3. The summed E-state index contributed by atoms with van der Waals surface area (Å²) in [6.45, 7) is 1.89. The van der Waals surface area contributed by atoms with Gasteiger partial charge in [-0.25, -0.2) is 13.8 Å². The summed E-state index contributed by atoms with van der Waals surface area (Å²) < 4.78 is 37.8. The standard InChI is InChI=1S/C20H20F2N4O2/c1-12-6-13(9-23-19(12)26-5-4-20(21,22)11-26)15-10-24-25-16-8-18(28-3)17(27-2)7-14(15)16/h6-10H,4-5,11H2,1-3H3. The third-order valence-electron chi connectivity index (χ3n) is 4.98. The first-order valence-electron chi connectivity index (χ1n) is 8.89. The van der Waals surface area contributed by atoms with Crippen LogP contribution in [0, 0.1) is 6.92 Å². The Labute approximate surface area is 161 Å². The molecule has 0 radical (unpaired) electrons. The first kappa shape index (κ1) is 18.3. The molecule has 28 heavy (non-hydrogen) atoms. The minimum absolute atomic E-state index is 0.142. The van der Waals surface area contributed by atoms with Crippen LogP contribution in [0.15, 0.2) is 30.6 Å². The van der Waals surface area contributed by atoms with E-state index in [4.69, 9.17) is 9.47 Å². The van der Waals surface area contributed by atoms with Crippen LogP contribution >= 0.6 is 0 Å². The van der Waals surface area contributed by atoms with Crippen molar-refractivity contribution in [2.24, 2.45) is 0 Å². The summed E-state index contributed by atoms with van der Waals surface area (Å²) in [6, 6.07) is 5.56. The van der Waals surface area contributed by atoms with Crippen LogP contribution < -0.4 is 14.4 Å². The topological polar surface area (TPSA) is 60.4 Å². The molecule has 0 saturated carbocycles. The second kappa shape index (κ2) is 6.85. The lowest BCUT2D eigenvalue weighted by Gasteiger charge is -2.20. The summed E-state index contributed by atoms with van der Waals surface area (Å²) in [7, 11) is 3.14. The van der Waals surface area contributed by atoms with Crippen molar-refractivity contribution in [1.29, 1.82) is 0 Å². The van der Waals surface area contributed by atoms with Crippen LogP contribution in [0.25, 0.3) is 22.0 Å². The summed E-state index contributed by atoms with van der Waals surface area (Å²) >= 11 is 0. The molecule has 0 spiro atoms. The second-order valence-corrected chi connectivity index (χ2v) is 6.87. The Bertz CT molecular complexity index is 1040. The van der Waals surface area contributed by atoms with Crippen LogP contribution in [0.4, 0.5) is 14.6 Å². The molecule has 1 aliphatic rings. The SMILES string of the molecule is COc1cc2nncc(-c3cnc(N4CCC(F)(F)C4)c(C)c3)c2cc1OC. The molecule has 4 rings (SSSR count). The number of fused-ring (bicyclic) bond motifs is 1. The zero-order valence-corrected chi connectivity index (χ0v) is 15.9. The predicted molar refractivity (Wildman–Crippen MR) is 102 cm³/mol. The van der Waals surface area contributed by atoms with Gasteiger partial charge in [0.1, 0.15) is 5.82 Å². The molecule has 2 aromatic heterocycles. The van der Waals surface area contributed by atoms with Crippen molar-refractivity contribution in [1.82, 2.24) is 15.2 Å². The van der Waals surface area contributed by atoms with Crippen molar-refractivity contribution in [3.63, 3.8) is 0 Å². The van der Waals surface area contributed by atoms with Crippen LogP contribution in [-0.4, -0.2) is 48.4 Å². The Morgan fingerprint density at radius 3 is 2.46 bits per heavy atom. The minimum Gasteiger partial charge on any atom is -0.493 e. The van der Waals surface area contributed by atoms with Gasteiger partial charge in [-0.1, -0.05) is 0 Å². The van der Waals surface area contributed by atoms with E-state index in [1.807, 2.05) is 19.1 Å². The number of ether oxygens (including phenoxy) is 2. The van der Waals surface area contributed by atoms with Crippen molar-refractivity contribution in [3.05, 3.63) is 36.2 Å². The van der Waals surface area contributed by atoms with Gasteiger partial charge < -0.3 is 14.4 Å². The largest absolute Gasteiger partial charge is 0.493 e. The summed E-state index contributed by atoms with van der Waals surface area (Å²) in [6.07, 6.45) is 3.21. The van der Waals surface area contributed by atoms with Crippen molar-refractivity contribution in [2.75, 3.05) is 32.2 Å². The lowest BCUT2D eigenvalue weighted by atomic mass is 10.0. The van der Waals surface area contributed by atoms with Gasteiger partial charge in [-0.05, 0) is 24.6 Å². The number of halogens is 2. The maximum absolute atomic E-state index is 13.6. The normalized spacial score (nSPS) is 15.8. The highest BCUT2D eigenvalue weighted by Gasteiger charge is 2.39. The molecule has 3 aromatic rings. The summed E-state index contributed by atoms with van der Waals surface area (Å²) in [4.78, 5) is 6.11. The number of aryl methyl sites for hydroxylation is 1. The van der Waals surface area contributed by atoms with Crippen molar-refractivity contribution in [3.8, 4) is 22.6 Å². The fourth-order valence-electron chi connectivity index (χ4n) is 3.58. The van der Waals surface area contributed by atoms with Gasteiger partial charge in [0, 0.05) is 41.7 Å². The van der Waals surface area contributed by atoms with Crippen LogP contribution in [-0.2, 0) is 0 Å². The van der Waals surface area contributed by atoms with Gasteiger partial charge in [0.05, 0.1) is 32.5 Å². The predicted octanol–water partition coefficient (Wildman–Crippen LogP) is 3.86. The Hall–Kier alpha value is -3.03. The fourth-order valence-corrected chi connectivity index (χ4v) is 3.58. The van der Waals surface area contributed by atoms with E-state index < -0.39 is 5.92 Å². The molecule has 3 heterocycles. The highest BCUT2D eigenvalue weighted by atomic mass is 19.3. The van der Waals surface area contributed by atoms with E-state index in [0.29, 0.717) is 29.4 Å². The number of rotatable bonds is 4. The summed E-state index contributed by atoms with van der Waals surface area (Å²) in [5.41, 5.74) is 3.16. The number of hydrogen-bond donors (Lipinski definition) is 0. The van der Waals surface area contributed by atoms with Gasteiger partial charge in [0.25, 0.3) is 5.92 Å². The molecule has 0 aliphatic carbocycles.